The summed E-state index contributed by atoms with van der Waals surface area (Å²) in [6.45, 7) is 0. The summed E-state index contributed by atoms with van der Waals surface area (Å²) in [5.74, 6) is 0. The SMILES string of the molecule is C1=C\C=C/CCC/C=C\C=C/C\C=C/1. The fraction of sp³-hybridized carbons (Fsp3) is 0.286. The van der Waals surface area contributed by atoms with Crippen LogP contribution in [0.2, 0.25) is 0 Å². The molecule has 0 unspecified atom stereocenters. The predicted octanol–water partition coefficient (Wildman–Crippen LogP) is 4.34. The Labute approximate surface area is 87.0 Å². The van der Waals surface area contributed by atoms with Gasteiger partial charge < -0.3 is 0 Å². The van der Waals surface area contributed by atoms with E-state index < -0.39 is 0 Å². The Morgan fingerprint density at radius 3 is 1.71 bits per heavy atom. The molecule has 0 bridgehead atoms. The van der Waals surface area contributed by atoms with Crippen molar-refractivity contribution < 1.29 is 0 Å². The molecular formula is C14H18. The van der Waals surface area contributed by atoms with E-state index in [0.717, 1.165) is 6.42 Å². The third kappa shape index (κ3) is 6.24. The van der Waals surface area contributed by atoms with Crippen molar-refractivity contribution in [2.24, 2.45) is 0 Å². The summed E-state index contributed by atoms with van der Waals surface area (Å²) in [7, 11) is 0. The number of hydrogen-bond acceptors (Lipinski definition) is 0. The first-order valence-electron chi connectivity index (χ1n) is 5.30. The van der Waals surface area contributed by atoms with Crippen molar-refractivity contribution in [2.75, 3.05) is 0 Å². The van der Waals surface area contributed by atoms with Crippen LogP contribution in [0.25, 0.3) is 0 Å². The maximum absolute atomic E-state index is 2.23. The highest BCUT2D eigenvalue weighted by molar-refractivity contribution is 5.13. The first-order valence-corrected chi connectivity index (χ1v) is 5.30. The molecule has 0 radical (unpaired) electrons. The van der Waals surface area contributed by atoms with Crippen LogP contribution in [0.3, 0.4) is 0 Å². The lowest BCUT2D eigenvalue weighted by Gasteiger charge is -1.89. The van der Waals surface area contributed by atoms with Gasteiger partial charge in [-0.3, -0.25) is 0 Å². The molecule has 1 aliphatic rings. The molecule has 0 aromatic heterocycles. The van der Waals surface area contributed by atoms with Crippen LogP contribution in [-0.2, 0) is 0 Å². The van der Waals surface area contributed by atoms with Gasteiger partial charge in [0.25, 0.3) is 0 Å². The maximum atomic E-state index is 2.23. The van der Waals surface area contributed by atoms with Crippen LogP contribution in [-0.4, -0.2) is 0 Å². The van der Waals surface area contributed by atoms with Gasteiger partial charge in [0.05, 0.1) is 0 Å². The molecule has 0 saturated heterocycles. The molecule has 1 rings (SSSR count). The molecule has 0 atom stereocenters. The molecule has 0 amide bonds. The van der Waals surface area contributed by atoms with Crippen molar-refractivity contribution in [3.05, 3.63) is 60.8 Å². The van der Waals surface area contributed by atoms with Crippen LogP contribution in [0.5, 0.6) is 0 Å². The minimum Gasteiger partial charge on any atom is -0.0845 e. The molecule has 0 fully saturated rings. The standard InChI is InChI=1S/C14H18/c1-2-4-6-8-10-12-14-13-11-9-7-5-3-1/h1-6,9,11,13-14H,7-8,10,12H2/b2-1-,5-3-,6-4-,11-9-,14-13-. The zero-order valence-corrected chi connectivity index (χ0v) is 8.60. The molecule has 0 N–H and O–H groups in total. The van der Waals surface area contributed by atoms with Gasteiger partial charge in [0.15, 0.2) is 0 Å². The van der Waals surface area contributed by atoms with Gasteiger partial charge >= 0.3 is 0 Å². The van der Waals surface area contributed by atoms with E-state index in [2.05, 4.69) is 60.8 Å². The summed E-state index contributed by atoms with van der Waals surface area (Å²) in [6.07, 6.45) is 26.0. The van der Waals surface area contributed by atoms with Crippen molar-refractivity contribution in [1.29, 1.82) is 0 Å². The Kier molecular flexibility index (Phi) is 6.39. The minimum absolute atomic E-state index is 1.01. The van der Waals surface area contributed by atoms with Crippen molar-refractivity contribution in [2.45, 2.75) is 25.7 Å². The van der Waals surface area contributed by atoms with Gasteiger partial charge in [0.1, 0.15) is 0 Å². The number of rotatable bonds is 0. The molecule has 14 heavy (non-hydrogen) atoms. The Bertz CT molecular complexity index is 262. The van der Waals surface area contributed by atoms with Gasteiger partial charge in [-0.25, -0.2) is 0 Å². The normalized spacial score (nSPS) is 29.7. The topological polar surface area (TPSA) is 0 Å². The van der Waals surface area contributed by atoms with Gasteiger partial charge in [-0.1, -0.05) is 60.8 Å². The average molecular weight is 186 g/mol. The van der Waals surface area contributed by atoms with E-state index >= 15 is 0 Å². The van der Waals surface area contributed by atoms with Gasteiger partial charge in [-0.2, -0.15) is 0 Å². The average Bonchev–Trinajstić information content (AvgIpc) is 2.22. The van der Waals surface area contributed by atoms with Crippen molar-refractivity contribution in [1.82, 2.24) is 0 Å². The highest BCUT2D eigenvalue weighted by atomic mass is 13.9. The molecule has 1 aliphatic carbocycles. The van der Waals surface area contributed by atoms with Crippen molar-refractivity contribution >= 4 is 0 Å². The van der Waals surface area contributed by atoms with Crippen LogP contribution >= 0.6 is 0 Å². The second-order valence-corrected chi connectivity index (χ2v) is 3.26. The van der Waals surface area contributed by atoms with Crippen LogP contribution < -0.4 is 0 Å². The van der Waals surface area contributed by atoms with E-state index in [1.807, 2.05) is 0 Å². The Balaban J connectivity index is 2.45. The van der Waals surface area contributed by atoms with E-state index in [-0.39, 0.29) is 0 Å². The van der Waals surface area contributed by atoms with Crippen molar-refractivity contribution in [3.8, 4) is 0 Å². The number of allylic oxidation sites excluding steroid dienone is 10. The van der Waals surface area contributed by atoms with Gasteiger partial charge in [0.2, 0.25) is 0 Å². The lowest BCUT2D eigenvalue weighted by molar-refractivity contribution is 0.868. The quantitative estimate of drug-likeness (QED) is 0.528. The van der Waals surface area contributed by atoms with E-state index in [1.165, 1.54) is 19.3 Å². The first kappa shape index (κ1) is 10.8. The van der Waals surface area contributed by atoms with Crippen molar-refractivity contribution in [3.63, 3.8) is 0 Å². The van der Waals surface area contributed by atoms with Crippen LogP contribution in [0.15, 0.2) is 60.8 Å². The molecule has 74 valence electrons. The van der Waals surface area contributed by atoms with Crippen LogP contribution in [0, 0.1) is 0 Å². The third-order valence-corrected chi connectivity index (χ3v) is 2.00. The predicted molar refractivity (Wildman–Crippen MR) is 64.2 cm³/mol. The molecule has 0 aromatic carbocycles. The summed E-state index contributed by atoms with van der Waals surface area (Å²) in [5.41, 5.74) is 0. The molecular weight excluding hydrogens is 168 g/mol. The Hall–Kier alpha value is -1.30. The van der Waals surface area contributed by atoms with Gasteiger partial charge in [-0.05, 0) is 25.7 Å². The molecule has 0 nitrogen and oxygen atoms in total. The molecule has 0 aliphatic heterocycles. The summed E-state index contributed by atoms with van der Waals surface area (Å²) in [4.78, 5) is 0. The smallest absolute Gasteiger partial charge is 0.0163 e. The summed E-state index contributed by atoms with van der Waals surface area (Å²) in [6, 6.07) is 0. The van der Waals surface area contributed by atoms with E-state index in [1.54, 1.807) is 0 Å². The van der Waals surface area contributed by atoms with Crippen LogP contribution in [0.4, 0.5) is 0 Å². The zero-order valence-electron chi connectivity index (χ0n) is 8.60. The lowest BCUT2D eigenvalue weighted by Crippen LogP contribution is -1.68. The highest BCUT2D eigenvalue weighted by Gasteiger charge is 1.79. The highest BCUT2D eigenvalue weighted by Crippen LogP contribution is 1.99. The summed E-state index contributed by atoms with van der Waals surface area (Å²) < 4.78 is 0. The molecule has 0 spiro atoms. The van der Waals surface area contributed by atoms with E-state index in [0.29, 0.717) is 0 Å². The second kappa shape index (κ2) is 8.31. The fourth-order valence-electron chi connectivity index (χ4n) is 1.22. The zero-order chi connectivity index (χ0) is 9.90. The summed E-state index contributed by atoms with van der Waals surface area (Å²) in [5, 5.41) is 0. The number of hydrogen-bond donors (Lipinski definition) is 0. The van der Waals surface area contributed by atoms with E-state index in [4.69, 9.17) is 0 Å². The van der Waals surface area contributed by atoms with Gasteiger partial charge in [0, 0.05) is 0 Å². The maximum Gasteiger partial charge on any atom is -0.0163 e. The lowest BCUT2D eigenvalue weighted by atomic mass is 10.2. The van der Waals surface area contributed by atoms with Gasteiger partial charge in [-0.15, -0.1) is 0 Å². The minimum atomic E-state index is 1.01. The largest absolute Gasteiger partial charge is 0.0845 e. The molecule has 0 heterocycles. The van der Waals surface area contributed by atoms with Crippen LogP contribution in [0.1, 0.15) is 25.7 Å². The second-order valence-electron chi connectivity index (χ2n) is 3.26. The van der Waals surface area contributed by atoms with E-state index in [9.17, 15) is 0 Å². The first-order chi connectivity index (χ1) is 7.00. The molecule has 0 saturated carbocycles. The Morgan fingerprint density at radius 1 is 0.500 bits per heavy atom. The Morgan fingerprint density at radius 2 is 1.00 bits per heavy atom. The fourth-order valence-corrected chi connectivity index (χ4v) is 1.22. The summed E-state index contributed by atoms with van der Waals surface area (Å²) >= 11 is 0. The molecule has 0 heteroatoms. The monoisotopic (exact) mass is 186 g/mol. The third-order valence-electron chi connectivity index (χ3n) is 2.00. The molecule has 0 aromatic rings.